The van der Waals surface area contributed by atoms with Gasteiger partial charge in [-0.05, 0) is 45.7 Å². The third-order valence-corrected chi connectivity index (χ3v) is 4.13. The first kappa shape index (κ1) is 13.0. The van der Waals surface area contributed by atoms with Gasteiger partial charge in [0.05, 0.1) is 0 Å². The number of hydrogen-bond acceptors (Lipinski definition) is 2. The van der Waals surface area contributed by atoms with Crippen LogP contribution < -0.4 is 5.32 Å². The SMILES string of the molecule is CCC(C)N(CC)CC1(CC)CCCN1. The standard InChI is InChI=1S/C13H28N2/c1-5-12(4)15(7-3)11-13(6-2)9-8-10-14-13/h12,14H,5-11H2,1-4H3. The average molecular weight is 212 g/mol. The highest BCUT2D eigenvalue weighted by molar-refractivity contribution is 4.94. The quantitative estimate of drug-likeness (QED) is 0.728. The summed E-state index contributed by atoms with van der Waals surface area (Å²) >= 11 is 0. The van der Waals surface area contributed by atoms with Crippen LogP contribution in [-0.2, 0) is 0 Å². The van der Waals surface area contributed by atoms with Gasteiger partial charge in [-0.1, -0.05) is 20.8 Å². The summed E-state index contributed by atoms with van der Waals surface area (Å²) in [4.78, 5) is 2.63. The second-order valence-corrected chi connectivity index (χ2v) is 4.98. The van der Waals surface area contributed by atoms with Crippen LogP contribution in [0.3, 0.4) is 0 Å². The monoisotopic (exact) mass is 212 g/mol. The van der Waals surface area contributed by atoms with Crippen LogP contribution in [0.25, 0.3) is 0 Å². The maximum atomic E-state index is 3.72. The molecule has 1 heterocycles. The molecule has 1 fully saturated rings. The zero-order chi connectivity index (χ0) is 11.3. The number of hydrogen-bond donors (Lipinski definition) is 1. The van der Waals surface area contributed by atoms with Crippen molar-refractivity contribution < 1.29 is 0 Å². The Morgan fingerprint density at radius 3 is 2.47 bits per heavy atom. The van der Waals surface area contributed by atoms with Crippen LogP contribution in [0.5, 0.6) is 0 Å². The molecule has 90 valence electrons. The van der Waals surface area contributed by atoms with E-state index in [1.165, 1.54) is 45.3 Å². The highest BCUT2D eigenvalue weighted by Crippen LogP contribution is 2.25. The van der Waals surface area contributed by atoms with Gasteiger partial charge < -0.3 is 5.32 Å². The summed E-state index contributed by atoms with van der Waals surface area (Å²) < 4.78 is 0. The number of nitrogens with zero attached hydrogens (tertiary/aromatic N) is 1. The van der Waals surface area contributed by atoms with Crippen molar-refractivity contribution in [2.75, 3.05) is 19.6 Å². The summed E-state index contributed by atoms with van der Waals surface area (Å²) in [5, 5.41) is 3.72. The fraction of sp³-hybridized carbons (Fsp3) is 1.00. The van der Waals surface area contributed by atoms with E-state index < -0.39 is 0 Å². The lowest BCUT2D eigenvalue weighted by molar-refractivity contribution is 0.150. The third kappa shape index (κ3) is 3.18. The molecule has 0 amide bonds. The summed E-state index contributed by atoms with van der Waals surface area (Å²) in [5.74, 6) is 0. The Hall–Kier alpha value is -0.0800. The van der Waals surface area contributed by atoms with Gasteiger partial charge in [0.1, 0.15) is 0 Å². The zero-order valence-electron chi connectivity index (χ0n) is 11.0. The second kappa shape index (κ2) is 5.86. The minimum atomic E-state index is 0.416. The molecule has 1 saturated heterocycles. The molecule has 1 rings (SSSR count). The molecule has 2 atom stereocenters. The Morgan fingerprint density at radius 2 is 2.07 bits per heavy atom. The Balaban J connectivity index is 2.55. The second-order valence-electron chi connectivity index (χ2n) is 4.98. The van der Waals surface area contributed by atoms with Gasteiger partial charge in [-0.2, -0.15) is 0 Å². The molecule has 0 bridgehead atoms. The van der Waals surface area contributed by atoms with Crippen molar-refractivity contribution in [1.82, 2.24) is 10.2 Å². The molecule has 2 unspecified atom stereocenters. The molecule has 0 spiro atoms. The predicted molar refractivity (Wildman–Crippen MR) is 67.3 cm³/mol. The minimum Gasteiger partial charge on any atom is -0.310 e. The number of likely N-dealkylation sites (N-methyl/N-ethyl adjacent to an activating group) is 1. The maximum absolute atomic E-state index is 3.72. The molecule has 2 heteroatoms. The lowest BCUT2D eigenvalue weighted by Gasteiger charge is -2.37. The lowest BCUT2D eigenvalue weighted by Crippen LogP contribution is -2.51. The fourth-order valence-corrected chi connectivity index (χ4v) is 2.64. The molecular formula is C13H28N2. The van der Waals surface area contributed by atoms with Crippen molar-refractivity contribution in [2.24, 2.45) is 0 Å². The predicted octanol–water partition coefficient (Wildman–Crippen LogP) is 2.64. The van der Waals surface area contributed by atoms with Crippen LogP contribution in [0, 0.1) is 0 Å². The zero-order valence-corrected chi connectivity index (χ0v) is 11.0. The Labute approximate surface area is 95.4 Å². The number of rotatable bonds is 6. The van der Waals surface area contributed by atoms with Crippen LogP contribution in [0.2, 0.25) is 0 Å². The van der Waals surface area contributed by atoms with E-state index in [1.54, 1.807) is 0 Å². The van der Waals surface area contributed by atoms with Gasteiger partial charge in [0.25, 0.3) is 0 Å². The van der Waals surface area contributed by atoms with E-state index >= 15 is 0 Å². The van der Waals surface area contributed by atoms with Crippen molar-refractivity contribution in [3.63, 3.8) is 0 Å². The van der Waals surface area contributed by atoms with E-state index in [1.807, 2.05) is 0 Å². The van der Waals surface area contributed by atoms with Crippen LogP contribution in [0.15, 0.2) is 0 Å². The molecule has 2 nitrogen and oxygen atoms in total. The van der Waals surface area contributed by atoms with Crippen LogP contribution in [0.4, 0.5) is 0 Å². The summed E-state index contributed by atoms with van der Waals surface area (Å²) in [6.45, 7) is 12.9. The summed E-state index contributed by atoms with van der Waals surface area (Å²) in [6, 6.07) is 0.723. The first-order valence-corrected chi connectivity index (χ1v) is 6.66. The van der Waals surface area contributed by atoms with Crippen molar-refractivity contribution in [2.45, 2.75) is 65.0 Å². The first-order valence-electron chi connectivity index (χ1n) is 6.66. The van der Waals surface area contributed by atoms with E-state index in [0.717, 1.165) is 6.04 Å². The minimum absolute atomic E-state index is 0.416. The van der Waals surface area contributed by atoms with Gasteiger partial charge in [-0.3, -0.25) is 4.90 Å². The van der Waals surface area contributed by atoms with E-state index in [4.69, 9.17) is 0 Å². The van der Waals surface area contributed by atoms with Crippen molar-refractivity contribution in [3.05, 3.63) is 0 Å². The van der Waals surface area contributed by atoms with Gasteiger partial charge in [0, 0.05) is 18.1 Å². The molecule has 1 N–H and O–H groups in total. The normalized spacial score (nSPS) is 28.6. The molecule has 0 aliphatic carbocycles. The highest BCUT2D eigenvalue weighted by atomic mass is 15.2. The average Bonchev–Trinajstić information content (AvgIpc) is 2.74. The van der Waals surface area contributed by atoms with Crippen LogP contribution in [0.1, 0.15) is 53.4 Å². The Kier molecular flexibility index (Phi) is 5.07. The Morgan fingerprint density at radius 1 is 1.33 bits per heavy atom. The van der Waals surface area contributed by atoms with Crippen LogP contribution >= 0.6 is 0 Å². The molecule has 0 saturated carbocycles. The van der Waals surface area contributed by atoms with Crippen molar-refractivity contribution >= 4 is 0 Å². The number of nitrogens with one attached hydrogen (secondary N) is 1. The molecule has 1 aliphatic heterocycles. The third-order valence-electron chi connectivity index (χ3n) is 4.13. The van der Waals surface area contributed by atoms with E-state index in [-0.39, 0.29) is 0 Å². The van der Waals surface area contributed by atoms with Gasteiger partial charge >= 0.3 is 0 Å². The summed E-state index contributed by atoms with van der Waals surface area (Å²) in [6.07, 6.45) is 5.23. The van der Waals surface area contributed by atoms with Gasteiger partial charge in [-0.25, -0.2) is 0 Å². The van der Waals surface area contributed by atoms with Crippen molar-refractivity contribution in [3.8, 4) is 0 Å². The Bertz CT molecular complexity index is 173. The molecule has 0 aromatic carbocycles. The molecule has 0 radical (unpaired) electrons. The molecule has 0 aromatic rings. The summed E-state index contributed by atoms with van der Waals surface area (Å²) in [5.41, 5.74) is 0.416. The molecule has 0 aromatic heterocycles. The van der Waals surface area contributed by atoms with Gasteiger partial charge in [-0.15, -0.1) is 0 Å². The topological polar surface area (TPSA) is 15.3 Å². The van der Waals surface area contributed by atoms with E-state index in [9.17, 15) is 0 Å². The maximum Gasteiger partial charge on any atom is 0.0306 e. The smallest absolute Gasteiger partial charge is 0.0306 e. The van der Waals surface area contributed by atoms with E-state index in [0.29, 0.717) is 5.54 Å². The molecular weight excluding hydrogens is 184 g/mol. The summed E-state index contributed by atoms with van der Waals surface area (Å²) in [7, 11) is 0. The largest absolute Gasteiger partial charge is 0.310 e. The highest BCUT2D eigenvalue weighted by Gasteiger charge is 2.33. The van der Waals surface area contributed by atoms with Gasteiger partial charge in [0.2, 0.25) is 0 Å². The molecule has 1 aliphatic rings. The van der Waals surface area contributed by atoms with E-state index in [2.05, 4.69) is 37.9 Å². The first-order chi connectivity index (χ1) is 7.17. The van der Waals surface area contributed by atoms with Crippen LogP contribution in [-0.4, -0.2) is 36.1 Å². The lowest BCUT2D eigenvalue weighted by atomic mass is 9.93. The van der Waals surface area contributed by atoms with Gasteiger partial charge in [0.15, 0.2) is 0 Å². The van der Waals surface area contributed by atoms with Crippen molar-refractivity contribution in [1.29, 1.82) is 0 Å². The molecule has 15 heavy (non-hydrogen) atoms. The fourth-order valence-electron chi connectivity index (χ4n) is 2.64.